The number of ether oxygens (including phenoxy) is 1. The molecule has 0 bridgehead atoms. The molecule has 0 saturated heterocycles. The Morgan fingerprint density at radius 2 is 2.06 bits per heavy atom. The van der Waals surface area contributed by atoms with Crippen molar-refractivity contribution in [3.05, 3.63) is 36.2 Å². The number of esters is 1. The maximum Gasteiger partial charge on any atom is 0.575 e. The van der Waals surface area contributed by atoms with Gasteiger partial charge in [0, 0.05) is 17.8 Å². The van der Waals surface area contributed by atoms with Crippen LogP contribution in [0.3, 0.4) is 0 Å². The Labute approximate surface area is 93.1 Å². The first-order chi connectivity index (χ1) is 7.96. The van der Waals surface area contributed by atoms with Gasteiger partial charge in [-0.3, -0.25) is 0 Å². The van der Waals surface area contributed by atoms with E-state index in [-0.39, 0.29) is 5.56 Å². The minimum absolute atomic E-state index is 0.275. The second-order valence-corrected chi connectivity index (χ2v) is 3.11. The van der Waals surface area contributed by atoms with E-state index in [0.717, 1.165) is 6.20 Å². The van der Waals surface area contributed by atoms with Crippen molar-refractivity contribution >= 4 is 17.0 Å². The fourth-order valence-corrected chi connectivity index (χ4v) is 1.24. The number of hydrogen-bond donors (Lipinski definition) is 0. The average Bonchev–Trinajstić information content (AvgIpc) is 2.26. The van der Waals surface area contributed by atoms with Crippen molar-refractivity contribution in [1.82, 2.24) is 9.97 Å². The first-order valence-corrected chi connectivity index (χ1v) is 4.46. The standard InChI is InChI=1S/C10H5F3N2O2/c11-10(12,13)17-9(16)7-4-6-2-1-3-14-8(6)15-5-7/h1-5H. The number of carbonyl (C=O) groups excluding carboxylic acids is 1. The van der Waals surface area contributed by atoms with Crippen LogP contribution in [0.25, 0.3) is 11.0 Å². The fourth-order valence-electron chi connectivity index (χ4n) is 1.24. The van der Waals surface area contributed by atoms with Crippen molar-refractivity contribution in [2.45, 2.75) is 6.36 Å². The van der Waals surface area contributed by atoms with Crippen LogP contribution in [0.15, 0.2) is 30.6 Å². The molecular formula is C10H5F3N2O2. The lowest BCUT2D eigenvalue weighted by Gasteiger charge is -2.06. The van der Waals surface area contributed by atoms with E-state index in [1.165, 1.54) is 12.3 Å². The van der Waals surface area contributed by atoms with Crippen molar-refractivity contribution in [2.75, 3.05) is 0 Å². The minimum atomic E-state index is -5.00. The van der Waals surface area contributed by atoms with Gasteiger partial charge >= 0.3 is 12.3 Å². The van der Waals surface area contributed by atoms with E-state index < -0.39 is 12.3 Å². The zero-order valence-electron chi connectivity index (χ0n) is 8.23. The summed E-state index contributed by atoms with van der Waals surface area (Å²) in [6, 6.07) is 4.41. The van der Waals surface area contributed by atoms with Gasteiger partial charge in [-0.15, -0.1) is 13.2 Å². The molecule has 0 aromatic carbocycles. The summed E-state index contributed by atoms with van der Waals surface area (Å²) >= 11 is 0. The predicted molar refractivity (Wildman–Crippen MR) is 51.0 cm³/mol. The van der Waals surface area contributed by atoms with E-state index in [1.54, 1.807) is 12.1 Å². The monoisotopic (exact) mass is 242 g/mol. The number of alkyl halides is 3. The topological polar surface area (TPSA) is 52.1 Å². The molecule has 4 nitrogen and oxygen atoms in total. The minimum Gasteiger partial charge on any atom is -0.369 e. The van der Waals surface area contributed by atoms with Gasteiger partial charge in [0.1, 0.15) is 0 Å². The molecule has 0 aliphatic carbocycles. The van der Waals surface area contributed by atoms with Gasteiger partial charge in [0.25, 0.3) is 0 Å². The first-order valence-electron chi connectivity index (χ1n) is 4.46. The van der Waals surface area contributed by atoms with Crippen molar-refractivity contribution in [2.24, 2.45) is 0 Å². The van der Waals surface area contributed by atoms with Crippen LogP contribution in [-0.4, -0.2) is 22.3 Å². The number of fused-ring (bicyclic) bond motifs is 1. The molecule has 2 aromatic heterocycles. The first kappa shape index (κ1) is 11.3. The molecule has 2 aromatic rings. The number of nitrogens with zero attached hydrogens (tertiary/aromatic N) is 2. The number of aromatic nitrogens is 2. The van der Waals surface area contributed by atoms with Crippen LogP contribution in [0.2, 0.25) is 0 Å². The summed E-state index contributed by atoms with van der Waals surface area (Å²) in [5.41, 5.74) is 0.0684. The SMILES string of the molecule is O=C(OC(F)(F)F)c1cnc2ncccc2c1. The maximum absolute atomic E-state index is 11.8. The highest BCUT2D eigenvalue weighted by atomic mass is 19.4. The zero-order valence-corrected chi connectivity index (χ0v) is 8.23. The van der Waals surface area contributed by atoms with E-state index in [0.29, 0.717) is 11.0 Å². The van der Waals surface area contributed by atoms with Crippen LogP contribution in [0.1, 0.15) is 10.4 Å². The molecule has 0 amide bonds. The van der Waals surface area contributed by atoms with E-state index in [4.69, 9.17) is 0 Å². The van der Waals surface area contributed by atoms with Gasteiger partial charge < -0.3 is 4.74 Å². The molecule has 0 spiro atoms. The van der Waals surface area contributed by atoms with Crippen molar-refractivity contribution in [3.63, 3.8) is 0 Å². The van der Waals surface area contributed by atoms with Gasteiger partial charge in [0.05, 0.1) is 5.56 Å². The predicted octanol–water partition coefficient (Wildman–Crippen LogP) is 2.31. The number of rotatable bonds is 1. The molecule has 0 fully saturated rings. The van der Waals surface area contributed by atoms with E-state index in [1.807, 2.05) is 0 Å². The van der Waals surface area contributed by atoms with Crippen LogP contribution < -0.4 is 0 Å². The van der Waals surface area contributed by atoms with E-state index in [9.17, 15) is 18.0 Å². The largest absolute Gasteiger partial charge is 0.575 e. The van der Waals surface area contributed by atoms with Crippen LogP contribution in [0.4, 0.5) is 13.2 Å². The maximum atomic E-state index is 11.8. The molecule has 0 N–H and O–H groups in total. The molecule has 0 atom stereocenters. The Morgan fingerprint density at radius 3 is 2.76 bits per heavy atom. The van der Waals surface area contributed by atoms with Gasteiger partial charge in [0.2, 0.25) is 0 Å². The molecule has 0 radical (unpaired) electrons. The summed E-state index contributed by atoms with van der Waals surface area (Å²) < 4.78 is 38.8. The number of halogens is 3. The molecule has 0 aliphatic heterocycles. The third-order valence-electron chi connectivity index (χ3n) is 1.90. The second-order valence-electron chi connectivity index (χ2n) is 3.11. The number of pyridine rings is 2. The Morgan fingerprint density at radius 1 is 1.29 bits per heavy atom. The Balaban J connectivity index is 2.33. The Kier molecular flexibility index (Phi) is 2.66. The molecule has 17 heavy (non-hydrogen) atoms. The van der Waals surface area contributed by atoms with Crippen LogP contribution >= 0.6 is 0 Å². The summed E-state index contributed by atoms with van der Waals surface area (Å²) in [6.07, 6.45) is -2.52. The van der Waals surface area contributed by atoms with Gasteiger partial charge in [-0.05, 0) is 18.2 Å². The summed E-state index contributed by atoms with van der Waals surface area (Å²) in [7, 11) is 0. The molecule has 2 rings (SSSR count). The highest BCUT2D eigenvalue weighted by Gasteiger charge is 2.34. The molecule has 0 unspecified atom stereocenters. The van der Waals surface area contributed by atoms with Gasteiger partial charge in [-0.2, -0.15) is 0 Å². The third-order valence-corrected chi connectivity index (χ3v) is 1.90. The number of carbonyl (C=O) groups is 1. The normalized spacial score (nSPS) is 11.5. The highest BCUT2D eigenvalue weighted by molar-refractivity contribution is 5.92. The molecule has 0 saturated carbocycles. The Hall–Kier alpha value is -2.18. The zero-order chi connectivity index (χ0) is 12.5. The summed E-state index contributed by atoms with van der Waals surface area (Å²) in [5, 5.41) is 0.462. The molecule has 88 valence electrons. The lowest BCUT2D eigenvalue weighted by atomic mass is 10.2. The number of hydrogen-bond acceptors (Lipinski definition) is 4. The quantitative estimate of drug-likeness (QED) is 0.720. The van der Waals surface area contributed by atoms with Crippen molar-refractivity contribution in [3.8, 4) is 0 Å². The lowest BCUT2D eigenvalue weighted by Crippen LogP contribution is -2.19. The van der Waals surface area contributed by atoms with Crippen LogP contribution in [0, 0.1) is 0 Å². The summed E-state index contributed by atoms with van der Waals surface area (Å²) in [6.45, 7) is 0. The smallest absolute Gasteiger partial charge is 0.369 e. The second kappa shape index (κ2) is 4.00. The van der Waals surface area contributed by atoms with E-state index in [2.05, 4.69) is 14.7 Å². The summed E-state index contributed by atoms with van der Waals surface area (Å²) in [5.74, 6) is -1.49. The lowest BCUT2D eigenvalue weighted by molar-refractivity contribution is -0.291. The third kappa shape index (κ3) is 2.68. The van der Waals surface area contributed by atoms with Crippen molar-refractivity contribution < 1.29 is 22.7 Å². The highest BCUT2D eigenvalue weighted by Crippen LogP contribution is 2.19. The van der Waals surface area contributed by atoms with Gasteiger partial charge in [-0.1, -0.05) is 0 Å². The van der Waals surface area contributed by atoms with E-state index >= 15 is 0 Å². The van der Waals surface area contributed by atoms with Crippen molar-refractivity contribution in [1.29, 1.82) is 0 Å². The molecule has 2 heterocycles. The van der Waals surface area contributed by atoms with Crippen LogP contribution in [-0.2, 0) is 4.74 Å². The molecule has 0 aliphatic rings. The fraction of sp³-hybridized carbons (Fsp3) is 0.100. The van der Waals surface area contributed by atoms with Gasteiger partial charge in [-0.25, -0.2) is 14.8 Å². The molecular weight excluding hydrogens is 237 g/mol. The van der Waals surface area contributed by atoms with Crippen LogP contribution in [0.5, 0.6) is 0 Å². The van der Waals surface area contributed by atoms with Gasteiger partial charge in [0.15, 0.2) is 5.65 Å². The summed E-state index contributed by atoms with van der Waals surface area (Å²) in [4.78, 5) is 18.7. The molecule has 7 heteroatoms. The Bertz CT molecular complexity index is 569. The average molecular weight is 242 g/mol.